The van der Waals surface area contributed by atoms with Crippen LogP contribution in [-0.2, 0) is 6.54 Å². The van der Waals surface area contributed by atoms with Gasteiger partial charge in [-0.1, -0.05) is 30.3 Å². The molecule has 0 saturated carbocycles. The van der Waals surface area contributed by atoms with Crippen LogP contribution in [0.2, 0.25) is 0 Å². The minimum Gasteiger partial charge on any atom is -0.365 e. The van der Waals surface area contributed by atoms with Gasteiger partial charge in [0.1, 0.15) is 0 Å². The molecule has 0 bridgehead atoms. The Balaban J connectivity index is 1.34. The lowest BCUT2D eigenvalue weighted by Crippen LogP contribution is -2.38. The number of fused-ring (bicyclic) bond motifs is 1. The van der Waals surface area contributed by atoms with Crippen molar-refractivity contribution in [2.24, 2.45) is 0 Å². The highest BCUT2D eigenvalue weighted by molar-refractivity contribution is 5.84. The van der Waals surface area contributed by atoms with Crippen LogP contribution in [-0.4, -0.2) is 53.5 Å². The van der Waals surface area contributed by atoms with E-state index in [1.807, 2.05) is 6.33 Å². The minimum absolute atomic E-state index is 0.239. The molecule has 0 radical (unpaired) electrons. The number of aromatic nitrogens is 6. The van der Waals surface area contributed by atoms with Crippen LogP contribution in [0.25, 0.3) is 11.2 Å². The standard InChI is InChI=1S/C24H29N9/c1-17(2)33-16-27-21-22(30-24(31-23(21)33)29-20-14-25-10-11-26-20)28-19-8-12-32(13-9-19)15-18-6-4-3-5-7-18/h3-7,10-11,14,16-17,19H,8-9,12-13,15H2,1-2H3,(H2,26,28,29,30,31). The van der Waals surface area contributed by atoms with E-state index in [2.05, 4.69) is 79.2 Å². The molecule has 1 aliphatic rings. The van der Waals surface area contributed by atoms with E-state index >= 15 is 0 Å². The van der Waals surface area contributed by atoms with Gasteiger partial charge in [-0.15, -0.1) is 0 Å². The van der Waals surface area contributed by atoms with Gasteiger partial charge in [-0.25, -0.2) is 9.97 Å². The van der Waals surface area contributed by atoms with E-state index in [1.165, 1.54) is 5.56 Å². The van der Waals surface area contributed by atoms with Crippen molar-refractivity contribution in [2.45, 2.75) is 45.3 Å². The first-order chi connectivity index (χ1) is 16.2. The third-order valence-electron chi connectivity index (χ3n) is 5.96. The molecule has 0 aliphatic carbocycles. The van der Waals surface area contributed by atoms with Crippen LogP contribution in [0.1, 0.15) is 38.3 Å². The molecule has 33 heavy (non-hydrogen) atoms. The number of piperidine rings is 1. The fraction of sp³-hybridized carbons (Fsp3) is 0.375. The second kappa shape index (κ2) is 9.50. The number of nitrogens with zero attached hydrogens (tertiary/aromatic N) is 7. The molecule has 5 rings (SSSR count). The Kier molecular flexibility index (Phi) is 6.12. The van der Waals surface area contributed by atoms with Gasteiger partial charge in [0.15, 0.2) is 22.8 Å². The van der Waals surface area contributed by atoms with Crippen molar-refractivity contribution in [1.29, 1.82) is 0 Å². The predicted octanol–water partition coefficient (Wildman–Crippen LogP) is 4.02. The summed E-state index contributed by atoms with van der Waals surface area (Å²) >= 11 is 0. The predicted molar refractivity (Wildman–Crippen MR) is 129 cm³/mol. The fourth-order valence-electron chi connectivity index (χ4n) is 4.20. The van der Waals surface area contributed by atoms with Crippen LogP contribution in [0.4, 0.5) is 17.6 Å². The molecule has 0 unspecified atom stereocenters. The largest absolute Gasteiger partial charge is 0.365 e. The molecule has 1 fully saturated rings. The molecule has 1 saturated heterocycles. The van der Waals surface area contributed by atoms with E-state index in [0.29, 0.717) is 17.8 Å². The van der Waals surface area contributed by atoms with Gasteiger partial charge in [0, 0.05) is 44.1 Å². The van der Waals surface area contributed by atoms with Crippen LogP contribution in [0.5, 0.6) is 0 Å². The molecule has 0 spiro atoms. The van der Waals surface area contributed by atoms with Gasteiger partial charge in [-0.05, 0) is 32.3 Å². The Bertz CT molecular complexity index is 1180. The first kappa shape index (κ1) is 21.3. The average molecular weight is 444 g/mol. The Morgan fingerprint density at radius 2 is 1.85 bits per heavy atom. The summed E-state index contributed by atoms with van der Waals surface area (Å²) in [5.74, 6) is 1.84. The van der Waals surface area contributed by atoms with Gasteiger partial charge >= 0.3 is 0 Å². The molecule has 0 amide bonds. The van der Waals surface area contributed by atoms with Gasteiger partial charge < -0.3 is 15.2 Å². The quantitative estimate of drug-likeness (QED) is 0.442. The summed E-state index contributed by atoms with van der Waals surface area (Å²) in [5.41, 5.74) is 2.95. The maximum atomic E-state index is 4.76. The highest BCUT2D eigenvalue weighted by atomic mass is 15.2. The lowest BCUT2D eigenvalue weighted by atomic mass is 10.0. The summed E-state index contributed by atoms with van der Waals surface area (Å²) in [6.07, 6.45) is 8.88. The van der Waals surface area contributed by atoms with E-state index in [-0.39, 0.29) is 6.04 Å². The third kappa shape index (κ3) is 4.93. The number of anilines is 3. The van der Waals surface area contributed by atoms with Crippen LogP contribution >= 0.6 is 0 Å². The van der Waals surface area contributed by atoms with Crippen molar-refractivity contribution in [2.75, 3.05) is 23.7 Å². The fourth-order valence-corrected chi connectivity index (χ4v) is 4.20. The average Bonchev–Trinajstić information content (AvgIpc) is 3.26. The summed E-state index contributed by atoms with van der Waals surface area (Å²) in [6, 6.07) is 11.2. The number of benzene rings is 1. The molecule has 4 aromatic rings. The zero-order chi connectivity index (χ0) is 22.6. The van der Waals surface area contributed by atoms with Crippen molar-refractivity contribution in [3.63, 3.8) is 0 Å². The lowest BCUT2D eigenvalue weighted by Gasteiger charge is -2.32. The van der Waals surface area contributed by atoms with Crippen molar-refractivity contribution < 1.29 is 0 Å². The number of likely N-dealkylation sites (tertiary alicyclic amines) is 1. The summed E-state index contributed by atoms with van der Waals surface area (Å²) < 4.78 is 2.06. The maximum Gasteiger partial charge on any atom is 0.232 e. The van der Waals surface area contributed by atoms with Gasteiger partial charge in [0.05, 0.1) is 12.5 Å². The maximum absolute atomic E-state index is 4.76. The van der Waals surface area contributed by atoms with E-state index in [1.54, 1.807) is 18.6 Å². The van der Waals surface area contributed by atoms with Gasteiger partial charge in [0.25, 0.3) is 0 Å². The third-order valence-corrected chi connectivity index (χ3v) is 5.96. The summed E-state index contributed by atoms with van der Waals surface area (Å²) in [6.45, 7) is 7.33. The van der Waals surface area contributed by atoms with Crippen LogP contribution in [0, 0.1) is 0 Å². The molecule has 1 aromatic carbocycles. The molecule has 4 heterocycles. The van der Waals surface area contributed by atoms with E-state index in [9.17, 15) is 0 Å². The smallest absolute Gasteiger partial charge is 0.232 e. The van der Waals surface area contributed by atoms with Crippen LogP contribution in [0.15, 0.2) is 55.2 Å². The first-order valence-corrected chi connectivity index (χ1v) is 11.5. The second-order valence-corrected chi connectivity index (χ2v) is 8.71. The van der Waals surface area contributed by atoms with E-state index < -0.39 is 0 Å². The molecule has 2 N–H and O–H groups in total. The van der Waals surface area contributed by atoms with Crippen LogP contribution in [0.3, 0.4) is 0 Å². The summed E-state index contributed by atoms with van der Waals surface area (Å²) in [5, 5.41) is 6.84. The second-order valence-electron chi connectivity index (χ2n) is 8.71. The SMILES string of the molecule is CC(C)n1cnc2c(NC3CCN(Cc4ccccc4)CC3)nc(Nc3cnccn3)nc21. The molecule has 3 aromatic heterocycles. The Hall–Kier alpha value is -3.59. The van der Waals surface area contributed by atoms with E-state index in [4.69, 9.17) is 9.97 Å². The van der Waals surface area contributed by atoms with Gasteiger partial charge in [-0.2, -0.15) is 9.97 Å². The first-order valence-electron chi connectivity index (χ1n) is 11.5. The summed E-state index contributed by atoms with van der Waals surface area (Å²) in [7, 11) is 0. The van der Waals surface area contributed by atoms with Crippen molar-refractivity contribution in [3.05, 3.63) is 60.8 Å². The zero-order valence-corrected chi connectivity index (χ0v) is 19.0. The van der Waals surface area contributed by atoms with Crippen molar-refractivity contribution in [3.8, 4) is 0 Å². The Labute approximate surface area is 193 Å². The zero-order valence-electron chi connectivity index (χ0n) is 19.0. The molecular weight excluding hydrogens is 414 g/mol. The van der Waals surface area contributed by atoms with Crippen molar-refractivity contribution >= 4 is 28.7 Å². The molecule has 170 valence electrons. The number of nitrogens with one attached hydrogen (secondary N) is 2. The number of rotatable bonds is 7. The monoisotopic (exact) mass is 443 g/mol. The molecule has 0 atom stereocenters. The van der Waals surface area contributed by atoms with Crippen molar-refractivity contribution in [1.82, 2.24) is 34.4 Å². The Morgan fingerprint density at radius 3 is 2.58 bits per heavy atom. The molecule has 9 heteroatoms. The molecule has 1 aliphatic heterocycles. The summed E-state index contributed by atoms with van der Waals surface area (Å²) in [4.78, 5) is 25.0. The number of hydrogen-bond donors (Lipinski definition) is 2. The number of imidazole rings is 1. The molecular formula is C24H29N9. The lowest BCUT2D eigenvalue weighted by molar-refractivity contribution is 0.211. The highest BCUT2D eigenvalue weighted by Gasteiger charge is 2.22. The van der Waals surface area contributed by atoms with Gasteiger partial charge in [-0.3, -0.25) is 9.88 Å². The van der Waals surface area contributed by atoms with Crippen LogP contribution < -0.4 is 10.6 Å². The van der Waals surface area contributed by atoms with E-state index in [0.717, 1.165) is 49.5 Å². The molecule has 9 nitrogen and oxygen atoms in total. The normalized spacial score (nSPS) is 15.2. The number of hydrogen-bond acceptors (Lipinski definition) is 8. The Morgan fingerprint density at radius 1 is 1.03 bits per heavy atom. The minimum atomic E-state index is 0.239. The van der Waals surface area contributed by atoms with Gasteiger partial charge in [0.2, 0.25) is 5.95 Å². The highest BCUT2D eigenvalue weighted by Crippen LogP contribution is 2.26. The topological polar surface area (TPSA) is 96.7 Å².